The monoisotopic (exact) mass is 686 g/mol. The predicted molar refractivity (Wildman–Crippen MR) is 222 cm³/mol. The first kappa shape index (κ1) is 31.1. The zero-order chi connectivity index (χ0) is 36.2. The van der Waals surface area contributed by atoms with Crippen molar-refractivity contribution >= 4 is 49.3 Å². The summed E-state index contributed by atoms with van der Waals surface area (Å²) in [5, 5.41) is 14.4. The van der Waals surface area contributed by atoms with Gasteiger partial charge >= 0.3 is 0 Å². The second-order valence-electron chi connectivity index (χ2n) is 13.5. The van der Waals surface area contributed by atoms with Gasteiger partial charge in [0.15, 0.2) is 0 Å². The van der Waals surface area contributed by atoms with Crippen molar-refractivity contribution in [1.82, 2.24) is 9.13 Å². The highest BCUT2D eigenvalue weighted by molar-refractivity contribution is 6.13. The fraction of sp³-hybridized carbons (Fsp3) is 0. The summed E-state index contributed by atoms with van der Waals surface area (Å²) in [6.07, 6.45) is 0. The summed E-state index contributed by atoms with van der Waals surface area (Å²) in [5.74, 6) is 0. The summed E-state index contributed by atoms with van der Waals surface area (Å²) in [5.41, 5.74) is 13.1. The van der Waals surface area contributed by atoms with Crippen LogP contribution in [-0.4, -0.2) is 9.13 Å². The summed E-state index contributed by atoms with van der Waals surface area (Å²) < 4.78 is 4.50. The van der Waals surface area contributed by atoms with Gasteiger partial charge in [0.2, 0.25) is 5.69 Å². The molecule has 0 saturated heterocycles. The van der Waals surface area contributed by atoms with Crippen LogP contribution in [0.3, 0.4) is 0 Å². The third kappa shape index (κ3) is 4.83. The lowest BCUT2D eigenvalue weighted by atomic mass is 9.99. The van der Waals surface area contributed by atoms with E-state index >= 15 is 0 Å². The topological polar surface area (TPSA) is 38.0 Å². The molecule has 0 bridgehead atoms. The molecule has 0 radical (unpaired) electrons. The van der Waals surface area contributed by atoms with Gasteiger partial charge in [0.1, 0.15) is 0 Å². The largest absolute Gasteiger partial charge is 0.319 e. The van der Waals surface area contributed by atoms with E-state index in [0.717, 1.165) is 88.4 Å². The molecule has 2 heterocycles. The third-order valence-corrected chi connectivity index (χ3v) is 10.6. The lowest BCUT2D eigenvalue weighted by Crippen LogP contribution is -2.02. The van der Waals surface area contributed by atoms with Crippen molar-refractivity contribution in [3.8, 4) is 50.8 Å². The van der Waals surface area contributed by atoms with E-state index in [0.29, 0.717) is 11.3 Å². The van der Waals surface area contributed by atoms with Crippen LogP contribution in [0.25, 0.3) is 93.2 Å². The molecule has 0 aliphatic heterocycles. The molecule has 54 heavy (non-hydrogen) atoms. The molecule has 0 amide bonds. The molecular formula is C50H30N4. The van der Waals surface area contributed by atoms with Gasteiger partial charge in [-0.3, -0.25) is 0 Å². The Morgan fingerprint density at radius 3 is 1.54 bits per heavy atom. The van der Waals surface area contributed by atoms with Crippen LogP contribution in [-0.2, 0) is 0 Å². The lowest BCUT2D eigenvalue weighted by molar-refractivity contribution is 1.15. The number of hydrogen-bond acceptors (Lipinski definition) is 1. The van der Waals surface area contributed by atoms with Gasteiger partial charge in [0.05, 0.1) is 51.6 Å². The van der Waals surface area contributed by atoms with Crippen LogP contribution in [0.5, 0.6) is 0 Å². The third-order valence-electron chi connectivity index (χ3n) is 10.6. The second kappa shape index (κ2) is 12.5. The first-order chi connectivity index (χ1) is 26.7. The average Bonchev–Trinajstić information content (AvgIpc) is 3.75. The SMILES string of the molecule is [C-]#[N+]c1c(-n2c3ccccc3c3cc(-c4ccccc4)ccc32)ccc(-c2cccc(C#N)c2)c1-n1c2ccccc2c2cc(-c3ccccc3)ccc21. The highest BCUT2D eigenvalue weighted by Crippen LogP contribution is 2.46. The minimum atomic E-state index is 0.527. The number of nitrogens with zero attached hydrogens (tertiary/aromatic N) is 4. The van der Waals surface area contributed by atoms with E-state index in [1.165, 1.54) is 0 Å². The summed E-state index contributed by atoms with van der Waals surface area (Å²) >= 11 is 0. The van der Waals surface area contributed by atoms with Crippen molar-refractivity contribution in [2.24, 2.45) is 0 Å². The molecule has 0 N–H and O–H groups in total. The van der Waals surface area contributed by atoms with Crippen LogP contribution in [0.2, 0.25) is 0 Å². The molecule has 0 aliphatic carbocycles. The molecule has 10 aromatic rings. The van der Waals surface area contributed by atoms with Gasteiger partial charge in [-0.05, 0) is 88.0 Å². The van der Waals surface area contributed by atoms with Gasteiger partial charge in [0.25, 0.3) is 0 Å². The molecule has 10 rings (SSSR count). The van der Waals surface area contributed by atoms with Gasteiger partial charge in [-0.15, -0.1) is 0 Å². The Balaban J connectivity index is 1.31. The van der Waals surface area contributed by atoms with Gasteiger partial charge in [-0.25, -0.2) is 4.85 Å². The van der Waals surface area contributed by atoms with Gasteiger partial charge < -0.3 is 9.13 Å². The van der Waals surface area contributed by atoms with Crippen molar-refractivity contribution in [2.75, 3.05) is 0 Å². The van der Waals surface area contributed by atoms with Crippen LogP contribution in [0.15, 0.2) is 182 Å². The normalized spacial score (nSPS) is 11.3. The lowest BCUT2D eigenvalue weighted by Gasteiger charge is -2.20. The van der Waals surface area contributed by atoms with Gasteiger partial charge in [-0.2, -0.15) is 5.26 Å². The number of fused-ring (bicyclic) bond motifs is 6. The van der Waals surface area contributed by atoms with Crippen molar-refractivity contribution < 1.29 is 0 Å². The fourth-order valence-electron chi connectivity index (χ4n) is 8.14. The first-order valence-corrected chi connectivity index (χ1v) is 17.9. The van der Waals surface area contributed by atoms with Crippen molar-refractivity contribution in [3.63, 3.8) is 0 Å². The van der Waals surface area contributed by atoms with E-state index in [1.807, 2.05) is 36.4 Å². The summed E-state index contributed by atoms with van der Waals surface area (Å²) in [7, 11) is 0. The Morgan fingerprint density at radius 2 is 0.944 bits per heavy atom. The van der Waals surface area contributed by atoms with Crippen LogP contribution in [0.4, 0.5) is 5.69 Å². The minimum absolute atomic E-state index is 0.527. The smallest absolute Gasteiger partial charge is 0.234 e. The molecule has 0 fully saturated rings. The van der Waals surface area contributed by atoms with Crippen molar-refractivity contribution in [1.29, 1.82) is 5.26 Å². The number of nitriles is 1. The van der Waals surface area contributed by atoms with Crippen LogP contribution in [0, 0.1) is 17.9 Å². The molecule has 0 saturated carbocycles. The van der Waals surface area contributed by atoms with Crippen LogP contribution >= 0.6 is 0 Å². The molecule has 250 valence electrons. The second-order valence-corrected chi connectivity index (χ2v) is 13.5. The molecule has 0 atom stereocenters. The molecule has 4 heteroatoms. The number of hydrogen-bond donors (Lipinski definition) is 0. The average molecular weight is 687 g/mol. The Morgan fingerprint density at radius 1 is 0.426 bits per heavy atom. The van der Waals surface area contributed by atoms with E-state index in [1.54, 1.807) is 0 Å². The van der Waals surface area contributed by atoms with E-state index in [4.69, 9.17) is 6.57 Å². The molecule has 8 aromatic carbocycles. The molecule has 0 aliphatic rings. The number of benzene rings is 8. The molecule has 0 spiro atoms. The number of rotatable bonds is 5. The van der Waals surface area contributed by atoms with Crippen molar-refractivity contribution in [3.05, 3.63) is 199 Å². The van der Waals surface area contributed by atoms with Gasteiger partial charge in [-0.1, -0.05) is 127 Å². The quantitative estimate of drug-likeness (QED) is 0.166. The maximum Gasteiger partial charge on any atom is 0.234 e. The zero-order valence-corrected chi connectivity index (χ0v) is 29.1. The standard InChI is InChI=1S/C50H30N4/c1-52-49-48(53-44-21-10-8-19-40(44)42-30-36(23-26-46(42)53)34-14-4-2-5-15-34)28-25-39(38-18-12-13-33(29-38)32-51)50(49)54-45-22-11-9-20-41(45)43-31-37(24-27-47(43)54)35-16-6-3-7-17-35/h2-31H. The highest BCUT2D eigenvalue weighted by atomic mass is 15.1. The summed E-state index contributed by atoms with van der Waals surface area (Å²) in [6, 6.07) is 65.2. The molecular weight excluding hydrogens is 657 g/mol. The zero-order valence-electron chi connectivity index (χ0n) is 29.1. The maximum atomic E-state index is 9.92. The summed E-state index contributed by atoms with van der Waals surface area (Å²) in [4.78, 5) is 4.41. The van der Waals surface area contributed by atoms with Crippen LogP contribution < -0.4 is 0 Å². The van der Waals surface area contributed by atoms with E-state index in [2.05, 4.69) is 166 Å². The van der Waals surface area contributed by atoms with E-state index < -0.39 is 0 Å². The Labute approximate surface area is 312 Å². The molecule has 2 aromatic heterocycles. The van der Waals surface area contributed by atoms with E-state index in [9.17, 15) is 5.26 Å². The number of para-hydroxylation sites is 2. The Hall–Kier alpha value is -7.66. The Bertz CT molecular complexity index is 3170. The highest BCUT2D eigenvalue weighted by Gasteiger charge is 2.24. The van der Waals surface area contributed by atoms with Gasteiger partial charge in [0, 0.05) is 21.5 Å². The molecule has 0 unspecified atom stereocenters. The minimum Gasteiger partial charge on any atom is -0.319 e. The summed E-state index contributed by atoms with van der Waals surface area (Å²) in [6.45, 7) is 8.94. The van der Waals surface area contributed by atoms with Crippen molar-refractivity contribution in [2.45, 2.75) is 0 Å². The maximum absolute atomic E-state index is 9.92. The predicted octanol–water partition coefficient (Wildman–Crippen LogP) is 13.3. The van der Waals surface area contributed by atoms with E-state index in [-0.39, 0.29) is 0 Å². The molecule has 4 nitrogen and oxygen atoms in total. The Kier molecular flexibility index (Phi) is 7.22. The fourth-order valence-corrected chi connectivity index (χ4v) is 8.14. The first-order valence-electron chi connectivity index (χ1n) is 17.9. The van der Waals surface area contributed by atoms with Crippen LogP contribution in [0.1, 0.15) is 5.56 Å². The number of aromatic nitrogens is 2.